The van der Waals surface area contributed by atoms with Crippen LogP contribution in [0, 0.1) is 0 Å². The average Bonchev–Trinajstić information content (AvgIpc) is 2.33. The molecule has 0 unspecified atom stereocenters. The van der Waals surface area contributed by atoms with E-state index in [0.717, 1.165) is 0 Å². The Kier molecular flexibility index (Phi) is 4.49. The third-order valence-electron chi connectivity index (χ3n) is 2.76. The standard InChI is InChI=1S/C14H18N2O4/c1-14(2,3)16(8-11(17)18)13(20)10-6-4-9(5-7-10)12(15)19/h4-7H,8H2,1-3H3,(H2,15,19)(H,17,18). The summed E-state index contributed by atoms with van der Waals surface area (Å²) < 4.78 is 0. The number of carbonyl (C=O) groups excluding carboxylic acids is 2. The number of hydrogen-bond acceptors (Lipinski definition) is 3. The van der Waals surface area contributed by atoms with Crippen molar-refractivity contribution in [2.45, 2.75) is 26.3 Å². The van der Waals surface area contributed by atoms with E-state index in [0.29, 0.717) is 11.1 Å². The molecule has 0 bridgehead atoms. The lowest BCUT2D eigenvalue weighted by molar-refractivity contribution is -0.138. The number of rotatable bonds is 4. The highest BCUT2D eigenvalue weighted by Crippen LogP contribution is 2.17. The van der Waals surface area contributed by atoms with Gasteiger partial charge in [-0.3, -0.25) is 14.4 Å². The highest BCUT2D eigenvalue weighted by Gasteiger charge is 2.29. The second-order valence-corrected chi connectivity index (χ2v) is 5.40. The number of hydrogen-bond donors (Lipinski definition) is 2. The molecule has 1 aromatic rings. The summed E-state index contributed by atoms with van der Waals surface area (Å²) in [5.41, 5.74) is 5.10. The number of nitrogens with zero attached hydrogens (tertiary/aromatic N) is 1. The van der Waals surface area contributed by atoms with Crippen LogP contribution in [0.1, 0.15) is 41.5 Å². The lowest BCUT2D eigenvalue weighted by Gasteiger charge is -2.34. The van der Waals surface area contributed by atoms with E-state index in [1.54, 1.807) is 20.8 Å². The number of carboxylic acids is 1. The normalized spacial score (nSPS) is 10.9. The molecule has 108 valence electrons. The van der Waals surface area contributed by atoms with E-state index >= 15 is 0 Å². The van der Waals surface area contributed by atoms with E-state index in [9.17, 15) is 14.4 Å². The fraction of sp³-hybridized carbons (Fsp3) is 0.357. The zero-order valence-corrected chi connectivity index (χ0v) is 11.7. The van der Waals surface area contributed by atoms with Crippen LogP contribution in [0.3, 0.4) is 0 Å². The molecular formula is C14H18N2O4. The summed E-state index contributed by atoms with van der Waals surface area (Å²) in [6.45, 7) is 4.88. The van der Waals surface area contributed by atoms with Crippen molar-refractivity contribution in [2.75, 3.05) is 6.54 Å². The molecule has 0 aliphatic heterocycles. The molecule has 0 saturated heterocycles. The maximum Gasteiger partial charge on any atom is 0.323 e. The number of nitrogens with two attached hydrogens (primary N) is 1. The van der Waals surface area contributed by atoms with Gasteiger partial charge in [0.15, 0.2) is 0 Å². The van der Waals surface area contributed by atoms with Crippen molar-refractivity contribution in [1.82, 2.24) is 4.90 Å². The molecule has 0 spiro atoms. The van der Waals surface area contributed by atoms with Crippen molar-refractivity contribution in [3.8, 4) is 0 Å². The van der Waals surface area contributed by atoms with Crippen molar-refractivity contribution in [1.29, 1.82) is 0 Å². The quantitative estimate of drug-likeness (QED) is 0.861. The molecule has 6 nitrogen and oxygen atoms in total. The second-order valence-electron chi connectivity index (χ2n) is 5.40. The maximum atomic E-state index is 12.4. The van der Waals surface area contributed by atoms with Crippen molar-refractivity contribution in [3.63, 3.8) is 0 Å². The van der Waals surface area contributed by atoms with Crippen LogP contribution in [0.2, 0.25) is 0 Å². The minimum Gasteiger partial charge on any atom is -0.480 e. The van der Waals surface area contributed by atoms with Crippen LogP contribution in [0.15, 0.2) is 24.3 Å². The van der Waals surface area contributed by atoms with Gasteiger partial charge in [-0.15, -0.1) is 0 Å². The highest BCUT2D eigenvalue weighted by molar-refractivity contribution is 5.98. The highest BCUT2D eigenvalue weighted by atomic mass is 16.4. The molecule has 0 aliphatic rings. The molecule has 0 aliphatic carbocycles. The van der Waals surface area contributed by atoms with Crippen molar-refractivity contribution >= 4 is 17.8 Å². The van der Waals surface area contributed by atoms with E-state index in [1.807, 2.05) is 0 Å². The summed E-state index contributed by atoms with van der Waals surface area (Å²) in [6.07, 6.45) is 0. The number of aliphatic carboxylic acids is 1. The monoisotopic (exact) mass is 278 g/mol. The van der Waals surface area contributed by atoms with Gasteiger partial charge in [0.2, 0.25) is 5.91 Å². The first-order valence-corrected chi connectivity index (χ1v) is 6.06. The molecule has 2 amide bonds. The van der Waals surface area contributed by atoms with Crippen LogP contribution in [-0.4, -0.2) is 39.9 Å². The Labute approximate surface area is 117 Å². The van der Waals surface area contributed by atoms with E-state index in [2.05, 4.69) is 0 Å². The van der Waals surface area contributed by atoms with Crippen LogP contribution in [0.25, 0.3) is 0 Å². The number of primary amides is 1. The molecule has 0 aromatic heterocycles. The molecule has 1 aromatic carbocycles. The lowest BCUT2D eigenvalue weighted by atomic mass is 10.0. The number of carboxylic acid groups (broad SMARTS) is 1. The van der Waals surface area contributed by atoms with Gasteiger partial charge < -0.3 is 15.7 Å². The average molecular weight is 278 g/mol. The summed E-state index contributed by atoms with van der Waals surface area (Å²) >= 11 is 0. The number of benzene rings is 1. The first-order chi connectivity index (χ1) is 9.12. The summed E-state index contributed by atoms with van der Waals surface area (Å²) in [5.74, 6) is -2.07. The Hall–Kier alpha value is -2.37. The van der Waals surface area contributed by atoms with Gasteiger partial charge >= 0.3 is 5.97 Å². The minimum atomic E-state index is -1.08. The Morgan fingerprint density at radius 1 is 1.10 bits per heavy atom. The van der Waals surface area contributed by atoms with Gasteiger partial charge in [0.05, 0.1) is 0 Å². The first kappa shape index (κ1) is 15.7. The Morgan fingerprint density at radius 2 is 1.55 bits per heavy atom. The summed E-state index contributed by atoms with van der Waals surface area (Å²) in [7, 11) is 0. The van der Waals surface area contributed by atoms with Gasteiger partial charge in [0.25, 0.3) is 5.91 Å². The van der Waals surface area contributed by atoms with E-state index in [-0.39, 0.29) is 6.54 Å². The van der Waals surface area contributed by atoms with E-state index in [4.69, 9.17) is 10.8 Å². The third kappa shape index (κ3) is 3.81. The summed E-state index contributed by atoms with van der Waals surface area (Å²) in [6, 6.07) is 5.81. The fourth-order valence-electron chi connectivity index (χ4n) is 1.68. The van der Waals surface area contributed by atoms with Crippen LogP contribution >= 0.6 is 0 Å². The number of carbonyl (C=O) groups is 3. The molecule has 3 N–H and O–H groups in total. The fourth-order valence-corrected chi connectivity index (χ4v) is 1.68. The van der Waals surface area contributed by atoms with Crippen LogP contribution in [0.5, 0.6) is 0 Å². The van der Waals surface area contributed by atoms with Crippen LogP contribution in [0.4, 0.5) is 0 Å². The molecule has 6 heteroatoms. The molecule has 0 heterocycles. The van der Waals surface area contributed by atoms with Crippen molar-refractivity contribution in [2.24, 2.45) is 5.73 Å². The van der Waals surface area contributed by atoms with Crippen molar-refractivity contribution in [3.05, 3.63) is 35.4 Å². The lowest BCUT2D eigenvalue weighted by Crippen LogP contribution is -2.48. The molecule has 0 fully saturated rings. The van der Waals surface area contributed by atoms with Gasteiger partial charge in [-0.1, -0.05) is 0 Å². The molecule has 1 rings (SSSR count). The van der Waals surface area contributed by atoms with E-state index in [1.165, 1.54) is 29.2 Å². The van der Waals surface area contributed by atoms with Gasteiger partial charge in [-0.05, 0) is 45.0 Å². The van der Waals surface area contributed by atoms with Crippen LogP contribution in [-0.2, 0) is 4.79 Å². The van der Waals surface area contributed by atoms with Gasteiger partial charge in [0.1, 0.15) is 6.54 Å². The molecular weight excluding hydrogens is 260 g/mol. The van der Waals surface area contributed by atoms with Gasteiger partial charge in [-0.25, -0.2) is 0 Å². The molecule has 0 radical (unpaired) electrons. The molecule has 0 atom stereocenters. The van der Waals surface area contributed by atoms with Crippen LogP contribution < -0.4 is 5.73 Å². The van der Waals surface area contributed by atoms with Gasteiger partial charge in [-0.2, -0.15) is 0 Å². The molecule has 0 saturated carbocycles. The maximum absolute atomic E-state index is 12.4. The SMILES string of the molecule is CC(C)(C)N(CC(=O)O)C(=O)c1ccc(C(N)=O)cc1. The predicted molar refractivity (Wildman–Crippen MR) is 73.4 cm³/mol. The zero-order chi connectivity index (χ0) is 15.5. The summed E-state index contributed by atoms with van der Waals surface area (Å²) in [4.78, 5) is 35.5. The zero-order valence-electron chi connectivity index (χ0n) is 11.7. The third-order valence-corrected chi connectivity index (χ3v) is 2.76. The van der Waals surface area contributed by atoms with Crippen molar-refractivity contribution < 1.29 is 19.5 Å². The molecule has 20 heavy (non-hydrogen) atoms. The topological polar surface area (TPSA) is 101 Å². The van der Waals surface area contributed by atoms with E-state index < -0.39 is 23.3 Å². The Balaban J connectivity index is 3.06. The Morgan fingerprint density at radius 3 is 1.90 bits per heavy atom. The largest absolute Gasteiger partial charge is 0.480 e. The second kappa shape index (κ2) is 5.73. The Bertz CT molecular complexity index is 529. The minimum absolute atomic E-state index is 0.294. The smallest absolute Gasteiger partial charge is 0.323 e. The number of amides is 2. The predicted octanol–water partition coefficient (Wildman–Crippen LogP) is 1.11. The summed E-state index contributed by atoms with van der Waals surface area (Å²) in [5, 5.41) is 8.90. The first-order valence-electron chi connectivity index (χ1n) is 6.06. The van der Waals surface area contributed by atoms with Gasteiger partial charge in [0, 0.05) is 16.7 Å².